The van der Waals surface area contributed by atoms with E-state index >= 15 is 0 Å². The minimum Gasteiger partial charge on any atom is -0.455 e. The standard InChI is InChI=1S/C24H27F3N2O3/c1-16(2)15-22(30)29-13-11-17(12-14-29)23(31)28-20-5-3-4-6-21(20)32-19-9-7-18(8-10-19)24(25,26)27/h3-10,16-17H,11-15H2,1-2H3,(H,28,31). The minimum atomic E-state index is -4.42. The molecule has 2 amide bonds. The third-order valence-electron chi connectivity index (χ3n) is 5.36. The number of nitrogens with one attached hydrogen (secondary N) is 1. The first-order valence-corrected chi connectivity index (χ1v) is 10.7. The van der Waals surface area contributed by atoms with Crippen LogP contribution in [0.15, 0.2) is 48.5 Å². The van der Waals surface area contributed by atoms with E-state index in [0.717, 1.165) is 12.1 Å². The van der Waals surface area contributed by atoms with E-state index in [0.29, 0.717) is 49.7 Å². The molecule has 1 fully saturated rings. The quantitative estimate of drug-likeness (QED) is 0.615. The van der Waals surface area contributed by atoms with E-state index in [9.17, 15) is 22.8 Å². The maximum absolute atomic E-state index is 12.8. The summed E-state index contributed by atoms with van der Waals surface area (Å²) in [5, 5.41) is 2.87. The minimum absolute atomic E-state index is 0.120. The molecule has 1 saturated heterocycles. The molecule has 1 heterocycles. The summed E-state index contributed by atoms with van der Waals surface area (Å²) >= 11 is 0. The van der Waals surface area contributed by atoms with E-state index < -0.39 is 11.7 Å². The van der Waals surface area contributed by atoms with Crippen LogP contribution in [0.1, 0.15) is 38.7 Å². The number of likely N-dealkylation sites (tertiary alicyclic amines) is 1. The van der Waals surface area contributed by atoms with Crippen LogP contribution in [-0.2, 0) is 15.8 Å². The number of alkyl halides is 3. The number of para-hydroxylation sites is 2. The Bertz CT molecular complexity index is 934. The van der Waals surface area contributed by atoms with Crippen molar-refractivity contribution in [2.24, 2.45) is 11.8 Å². The Kier molecular flexibility index (Phi) is 7.43. The zero-order valence-electron chi connectivity index (χ0n) is 18.1. The number of halogens is 3. The second kappa shape index (κ2) is 10.1. The van der Waals surface area contributed by atoms with Gasteiger partial charge >= 0.3 is 6.18 Å². The van der Waals surface area contributed by atoms with E-state index in [1.807, 2.05) is 18.7 Å². The van der Waals surface area contributed by atoms with Gasteiger partial charge < -0.3 is 15.0 Å². The van der Waals surface area contributed by atoms with Gasteiger partial charge in [0.1, 0.15) is 5.75 Å². The molecule has 0 spiro atoms. The molecule has 1 N–H and O–H groups in total. The van der Waals surface area contributed by atoms with Gasteiger partial charge in [-0.15, -0.1) is 0 Å². The highest BCUT2D eigenvalue weighted by Gasteiger charge is 2.30. The molecule has 32 heavy (non-hydrogen) atoms. The Hall–Kier alpha value is -3.03. The van der Waals surface area contributed by atoms with Crippen LogP contribution in [0.3, 0.4) is 0 Å². The lowest BCUT2D eigenvalue weighted by atomic mass is 9.95. The molecule has 0 unspecified atom stereocenters. The van der Waals surface area contributed by atoms with Crippen molar-refractivity contribution < 1.29 is 27.5 Å². The maximum atomic E-state index is 12.8. The fourth-order valence-corrected chi connectivity index (χ4v) is 3.60. The second-order valence-electron chi connectivity index (χ2n) is 8.36. The topological polar surface area (TPSA) is 58.6 Å². The number of amides is 2. The molecule has 0 aromatic heterocycles. The van der Waals surface area contributed by atoms with Gasteiger partial charge in [-0.25, -0.2) is 0 Å². The van der Waals surface area contributed by atoms with Gasteiger partial charge in [-0.3, -0.25) is 9.59 Å². The van der Waals surface area contributed by atoms with E-state index in [-0.39, 0.29) is 23.5 Å². The van der Waals surface area contributed by atoms with Gasteiger partial charge in [-0.2, -0.15) is 13.2 Å². The average molecular weight is 448 g/mol. The molecule has 5 nitrogen and oxygen atoms in total. The fourth-order valence-electron chi connectivity index (χ4n) is 3.60. The number of nitrogens with zero attached hydrogens (tertiary/aromatic N) is 1. The molecule has 0 aliphatic carbocycles. The molecule has 0 saturated carbocycles. The van der Waals surface area contributed by atoms with Crippen LogP contribution in [0.4, 0.5) is 18.9 Å². The number of carbonyl (C=O) groups excluding carboxylic acids is 2. The van der Waals surface area contributed by atoms with Gasteiger partial charge in [-0.1, -0.05) is 26.0 Å². The summed E-state index contributed by atoms with van der Waals surface area (Å²) in [4.78, 5) is 26.8. The van der Waals surface area contributed by atoms with Crippen molar-refractivity contribution in [2.75, 3.05) is 18.4 Å². The first-order valence-electron chi connectivity index (χ1n) is 10.7. The Morgan fingerprint density at radius 3 is 2.28 bits per heavy atom. The Morgan fingerprint density at radius 1 is 1.06 bits per heavy atom. The van der Waals surface area contributed by atoms with Crippen LogP contribution >= 0.6 is 0 Å². The number of rotatable bonds is 6. The van der Waals surface area contributed by atoms with Crippen LogP contribution in [0, 0.1) is 11.8 Å². The van der Waals surface area contributed by atoms with Crippen molar-refractivity contribution in [3.63, 3.8) is 0 Å². The molecular formula is C24H27F3N2O3. The van der Waals surface area contributed by atoms with Crippen molar-refractivity contribution in [3.05, 3.63) is 54.1 Å². The number of hydrogen-bond acceptors (Lipinski definition) is 3. The van der Waals surface area contributed by atoms with Gasteiger partial charge in [0.05, 0.1) is 11.3 Å². The van der Waals surface area contributed by atoms with Gasteiger partial charge in [0.2, 0.25) is 11.8 Å². The summed E-state index contributed by atoms with van der Waals surface area (Å²) in [7, 11) is 0. The Balaban J connectivity index is 1.60. The van der Waals surface area contributed by atoms with E-state index in [1.54, 1.807) is 24.3 Å². The van der Waals surface area contributed by atoms with Crippen LogP contribution in [0.5, 0.6) is 11.5 Å². The molecule has 3 rings (SSSR count). The normalized spacial score (nSPS) is 15.0. The molecule has 1 aliphatic heterocycles. The summed E-state index contributed by atoms with van der Waals surface area (Å²) in [6.45, 7) is 5.10. The third-order valence-corrected chi connectivity index (χ3v) is 5.36. The highest BCUT2D eigenvalue weighted by Crippen LogP contribution is 2.34. The zero-order valence-corrected chi connectivity index (χ0v) is 18.1. The van der Waals surface area contributed by atoms with Gasteiger partial charge in [0, 0.05) is 25.4 Å². The molecule has 2 aromatic rings. The number of carbonyl (C=O) groups is 2. The molecule has 8 heteroatoms. The number of piperidine rings is 1. The van der Waals surface area contributed by atoms with Crippen molar-refractivity contribution >= 4 is 17.5 Å². The van der Waals surface area contributed by atoms with E-state index in [2.05, 4.69) is 5.32 Å². The number of benzene rings is 2. The SMILES string of the molecule is CC(C)CC(=O)N1CCC(C(=O)Nc2ccccc2Oc2ccc(C(F)(F)F)cc2)CC1. The first kappa shape index (κ1) is 23.6. The fraction of sp³-hybridized carbons (Fsp3) is 0.417. The molecule has 0 radical (unpaired) electrons. The van der Waals surface area contributed by atoms with Crippen molar-refractivity contribution in [1.82, 2.24) is 4.90 Å². The summed E-state index contributed by atoms with van der Waals surface area (Å²) in [5.41, 5.74) is -0.319. The Labute approximate surface area is 185 Å². The maximum Gasteiger partial charge on any atom is 0.416 e. The predicted molar refractivity (Wildman–Crippen MR) is 115 cm³/mol. The summed E-state index contributed by atoms with van der Waals surface area (Å²) in [5.74, 6) is 0.599. The lowest BCUT2D eigenvalue weighted by molar-refractivity contribution is -0.137. The molecule has 0 bridgehead atoms. The monoisotopic (exact) mass is 448 g/mol. The van der Waals surface area contributed by atoms with Crippen LogP contribution in [-0.4, -0.2) is 29.8 Å². The lowest BCUT2D eigenvalue weighted by Crippen LogP contribution is -2.41. The molecule has 0 atom stereocenters. The largest absolute Gasteiger partial charge is 0.455 e. The molecular weight excluding hydrogens is 421 g/mol. The van der Waals surface area contributed by atoms with E-state index in [1.165, 1.54) is 12.1 Å². The molecule has 2 aromatic carbocycles. The van der Waals surface area contributed by atoms with Crippen LogP contribution in [0.2, 0.25) is 0 Å². The van der Waals surface area contributed by atoms with Crippen molar-refractivity contribution in [2.45, 2.75) is 39.3 Å². The lowest BCUT2D eigenvalue weighted by Gasteiger charge is -2.32. The van der Waals surface area contributed by atoms with Gasteiger partial charge in [-0.05, 0) is 55.2 Å². The summed E-state index contributed by atoms with van der Waals surface area (Å²) in [6, 6.07) is 11.2. The highest BCUT2D eigenvalue weighted by atomic mass is 19.4. The number of hydrogen-bond donors (Lipinski definition) is 1. The molecule has 172 valence electrons. The first-order chi connectivity index (χ1) is 15.1. The highest BCUT2D eigenvalue weighted by molar-refractivity contribution is 5.94. The average Bonchev–Trinajstić information content (AvgIpc) is 2.74. The zero-order chi connectivity index (χ0) is 23.3. The number of ether oxygens (including phenoxy) is 1. The smallest absolute Gasteiger partial charge is 0.416 e. The van der Waals surface area contributed by atoms with E-state index in [4.69, 9.17) is 4.74 Å². The Morgan fingerprint density at radius 2 is 1.69 bits per heavy atom. The van der Waals surface area contributed by atoms with Crippen LogP contribution in [0.25, 0.3) is 0 Å². The number of anilines is 1. The van der Waals surface area contributed by atoms with Crippen LogP contribution < -0.4 is 10.1 Å². The predicted octanol–water partition coefficient (Wildman–Crippen LogP) is 5.72. The second-order valence-corrected chi connectivity index (χ2v) is 8.36. The summed E-state index contributed by atoms with van der Waals surface area (Å²) < 4.78 is 44.0. The molecule has 1 aliphatic rings. The van der Waals surface area contributed by atoms with Gasteiger partial charge in [0.15, 0.2) is 5.75 Å². The van der Waals surface area contributed by atoms with Crippen molar-refractivity contribution in [1.29, 1.82) is 0 Å². The third kappa shape index (κ3) is 6.24. The summed E-state index contributed by atoms with van der Waals surface area (Å²) in [6.07, 6.45) is -2.75. The van der Waals surface area contributed by atoms with Crippen molar-refractivity contribution in [3.8, 4) is 11.5 Å². The van der Waals surface area contributed by atoms with Gasteiger partial charge in [0.25, 0.3) is 0 Å².